The third kappa shape index (κ3) is 1.40. The number of hydrogen-bond acceptors (Lipinski definition) is 1. The maximum Gasteiger partial charge on any atom is 0.153 e. The Morgan fingerprint density at radius 3 is 3.00 bits per heavy atom. The lowest BCUT2D eigenvalue weighted by Crippen LogP contribution is -1.99. The molecule has 0 aliphatic heterocycles. The number of fused-ring (bicyclic) bond motifs is 1. The minimum absolute atomic E-state index is 0.601. The molecule has 0 saturated carbocycles. The van der Waals surface area contributed by atoms with Crippen LogP contribution in [0.25, 0.3) is 10.9 Å². The van der Waals surface area contributed by atoms with Gasteiger partial charge in [-0.05, 0) is 25.5 Å². The Morgan fingerprint density at radius 1 is 1.50 bits per heavy atom. The number of hydrogen-bond donors (Lipinski definition) is 0. The number of pyridine rings is 1. The highest BCUT2D eigenvalue weighted by atomic mass is 35.5. The van der Waals surface area contributed by atoms with Gasteiger partial charge in [0.2, 0.25) is 0 Å². The summed E-state index contributed by atoms with van der Waals surface area (Å²) in [6.07, 6.45) is 2.86. The number of rotatable bonds is 2. The quantitative estimate of drug-likeness (QED) is 0.692. The van der Waals surface area contributed by atoms with Gasteiger partial charge < -0.3 is 4.57 Å². The summed E-state index contributed by atoms with van der Waals surface area (Å²) in [5.74, 6) is 0. The van der Waals surface area contributed by atoms with Gasteiger partial charge in [-0.15, -0.1) is 0 Å². The zero-order valence-corrected chi connectivity index (χ0v) is 9.17. The van der Waals surface area contributed by atoms with E-state index in [4.69, 9.17) is 11.6 Å². The standard InChI is InChI=1S/C11H13ClN2/c1-3-6-14-8(2)7-9-4-5-13-11(12)10(9)14/h4-5,7H,3,6H2,1-2H3. The van der Waals surface area contributed by atoms with E-state index in [2.05, 4.69) is 29.5 Å². The maximum atomic E-state index is 6.08. The largest absolute Gasteiger partial charge is 0.342 e. The fraction of sp³-hybridized carbons (Fsp3) is 0.364. The van der Waals surface area contributed by atoms with Gasteiger partial charge >= 0.3 is 0 Å². The molecule has 0 atom stereocenters. The summed E-state index contributed by atoms with van der Waals surface area (Å²) in [4.78, 5) is 4.11. The first kappa shape index (κ1) is 9.53. The first-order valence-electron chi connectivity index (χ1n) is 4.84. The second kappa shape index (κ2) is 3.62. The molecule has 0 N–H and O–H groups in total. The molecule has 2 rings (SSSR count). The van der Waals surface area contributed by atoms with Crippen LogP contribution in [-0.4, -0.2) is 9.55 Å². The fourth-order valence-corrected chi connectivity index (χ4v) is 2.08. The lowest BCUT2D eigenvalue weighted by Gasteiger charge is -2.06. The molecule has 0 amide bonds. The minimum Gasteiger partial charge on any atom is -0.342 e. The van der Waals surface area contributed by atoms with Crippen LogP contribution in [0.15, 0.2) is 18.3 Å². The van der Waals surface area contributed by atoms with Gasteiger partial charge in [0.05, 0.1) is 5.52 Å². The van der Waals surface area contributed by atoms with E-state index in [1.807, 2.05) is 6.07 Å². The van der Waals surface area contributed by atoms with E-state index in [9.17, 15) is 0 Å². The number of aryl methyl sites for hydroxylation is 2. The highest BCUT2D eigenvalue weighted by Gasteiger charge is 2.08. The summed E-state index contributed by atoms with van der Waals surface area (Å²) in [5, 5.41) is 1.78. The van der Waals surface area contributed by atoms with E-state index in [1.54, 1.807) is 6.20 Å². The number of aromatic nitrogens is 2. The molecule has 0 aliphatic rings. The second-order valence-corrected chi connectivity index (χ2v) is 3.83. The van der Waals surface area contributed by atoms with Crippen LogP contribution in [0.1, 0.15) is 19.0 Å². The van der Waals surface area contributed by atoms with Crippen LogP contribution in [0, 0.1) is 6.92 Å². The summed E-state index contributed by atoms with van der Waals surface area (Å²) in [5.41, 5.74) is 2.31. The molecule has 3 heteroatoms. The van der Waals surface area contributed by atoms with Crippen molar-refractivity contribution in [3.63, 3.8) is 0 Å². The van der Waals surface area contributed by atoms with E-state index in [1.165, 1.54) is 11.1 Å². The summed E-state index contributed by atoms with van der Waals surface area (Å²) >= 11 is 6.08. The third-order valence-corrected chi connectivity index (χ3v) is 2.69. The van der Waals surface area contributed by atoms with Crippen molar-refractivity contribution in [3.8, 4) is 0 Å². The van der Waals surface area contributed by atoms with Crippen LogP contribution in [0.4, 0.5) is 0 Å². The van der Waals surface area contributed by atoms with Gasteiger partial charge in [-0.2, -0.15) is 0 Å². The molecule has 0 saturated heterocycles. The highest BCUT2D eigenvalue weighted by molar-refractivity contribution is 6.33. The van der Waals surface area contributed by atoms with Gasteiger partial charge in [-0.1, -0.05) is 18.5 Å². The molecule has 0 unspecified atom stereocenters. The van der Waals surface area contributed by atoms with Gasteiger partial charge in [-0.25, -0.2) is 4.98 Å². The Kier molecular flexibility index (Phi) is 2.46. The molecule has 2 aromatic heterocycles. The van der Waals surface area contributed by atoms with Gasteiger partial charge in [0.25, 0.3) is 0 Å². The molecule has 14 heavy (non-hydrogen) atoms. The van der Waals surface area contributed by atoms with E-state index in [-0.39, 0.29) is 0 Å². The molecule has 2 aromatic rings. The highest BCUT2D eigenvalue weighted by Crippen LogP contribution is 2.24. The van der Waals surface area contributed by atoms with Crippen LogP contribution in [0.3, 0.4) is 0 Å². The molecular weight excluding hydrogens is 196 g/mol. The summed E-state index contributed by atoms with van der Waals surface area (Å²) in [6, 6.07) is 4.15. The molecule has 0 aliphatic carbocycles. The summed E-state index contributed by atoms with van der Waals surface area (Å²) < 4.78 is 2.23. The maximum absolute atomic E-state index is 6.08. The molecule has 0 spiro atoms. The van der Waals surface area contributed by atoms with Gasteiger partial charge in [0.15, 0.2) is 5.15 Å². The van der Waals surface area contributed by atoms with Gasteiger partial charge in [-0.3, -0.25) is 0 Å². The minimum atomic E-state index is 0.601. The Hall–Kier alpha value is -1.02. The van der Waals surface area contributed by atoms with Crippen molar-refractivity contribution in [2.24, 2.45) is 0 Å². The summed E-state index contributed by atoms with van der Waals surface area (Å²) in [6.45, 7) is 5.27. The molecule has 0 aromatic carbocycles. The normalized spacial score (nSPS) is 11.1. The molecule has 2 heterocycles. The first-order chi connectivity index (χ1) is 6.74. The Morgan fingerprint density at radius 2 is 2.29 bits per heavy atom. The van der Waals surface area contributed by atoms with Crippen molar-refractivity contribution in [2.45, 2.75) is 26.8 Å². The zero-order chi connectivity index (χ0) is 10.1. The SMILES string of the molecule is CCCn1c(C)cc2ccnc(Cl)c21. The number of nitrogens with zero attached hydrogens (tertiary/aromatic N) is 2. The lowest BCUT2D eigenvalue weighted by molar-refractivity contribution is 0.685. The lowest BCUT2D eigenvalue weighted by atomic mass is 10.3. The smallest absolute Gasteiger partial charge is 0.153 e. The van der Waals surface area contributed by atoms with E-state index in [0.717, 1.165) is 18.5 Å². The van der Waals surface area contributed by atoms with Crippen LogP contribution < -0.4 is 0 Å². The average molecular weight is 209 g/mol. The summed E-state index contributed by atoms with van der Waals surface area (Å²) in [7, 11) is 0. The Bertz CT molecular complexity index is 460. The van der Waals surface area contributed by atoms with Crippen molar-refractivity contribution in [1.82, 2.24) is 9.55 Å². The molecule has 0 fully saturated rings. The predicted octanol–water partition coefficient (Wildman–Crippen LogP) is 3.41. The number of halogens is 1. The molecular formula is C11H13ClN2. The van der Waals surface area contributed by atoms with Crippen molar-refractivity contribution in [2.75, 3.05) is 0 Å². The van der Waals surface area contributed by atoms with E-state index in [0.29, 0.717) is 5.15 Å². The average Bonchev–Trinajstić information content (AvgIpc) is 2.45. The molecule has 74 valence electrons. The van der Waals surface area contributed by atoms with Gasteiger partial charge in [0, 0.05) is 23.8 Å². The van der Waals surface area contributed by atoms with Crippen LogP contribution in [-0.2, 0) is 6.54 Å². The van der Waals surface area contributed by atoms with Crippen LogP contribution in [0.2, 0.25) is 5.15 Å². The van der Waals surface area contributed by atoms with Crippen molar-refractivity contribution in [3.05, 3.63) is 29.2 Å². The van der Waals surface area contributed by atoms with Crippen molar-refractivity contribution >= 4 is 22.5 Å². The second-order valence-electron chi connectivity index (χ2n) is 3.48. The fourth-order valence-electron chi connectivity index (χ4n) is 1.82. The Labute approximate surface area is 88.5 Å². The van der Waals surface area contributed by atoms with E-state index < -0.39 is 0 Å². The topological polar surface area (TPSA) is 17.8 Å². The van der Waals surface area contributed by atoms with Crippen LogP contribution >= 0.6 is 11.6 Å². The molecule has 0 bridgehead atoms. The van der Waals surface area contributed by atoms with E-state index >= 15 is 0 Å². The first-order valence-corrected chi connectivity index (χ1v) is 5.22. The Balaban J connectivity index is 2.73. The zero-order valence-electron chi connectivity index (χ0n) is 8.42. The molecule has 2 nitrogen and oxygen atoms in total. The van der Waals surface area contributed by atoms with Crippen molar-refractivity contribution in [1.29, 1.82) is 0 Å². The van der Waals surface area contributed by atoms with Crippen LogP contribution in [0.5, 0.6) is 0 Å². The predicted molar refractivity (Wildman–Crippen MR) is 59.8 cm³/mol. The molecule has 0 radical (unpaired) electrons. The third-order valence-electron chi connectivity index (χ3n) is 2.42. The van der Waals surface area contributed by atoms with Gasteiger partial charge in [0.1, 0.15) is 0 Å². The monoisotopic (exact) mass is 208 g/mol. The van der Waals surface area contributed by atoms with Crippen molar-refractivity contribution < 1.29 is 0 Å².